The predicted molar refractivity (Wildman–Crippen MR) is 90.3 cm³/mol. The van der Waals surface area contributed by atoms with E-state index in [1.807, 2.05) is 0 Å². The fourth-order valence-corrected chi connectivity index (χ4v) is 3.42. The lowest BCUT2D eigenvalue weighted by Crippen LogP contribution is -2.35. The monoisotopic (exact) mass is 301 g/mol. The first kappa shape index (κ1) is 15.3. The summed E-state index contributed by atoms with van der Waals surface area (Å²) in [6.07, 6.45) is 4.57. The molecule has 1 saturated heterocycles. The van der Waals surface area contributed by atoms with Gasteiger partial charge in [0.25, 0.3) is 0 Å². The Morgan fingerprint density at radius 3 is 2.73 bits per heavy atom. The number of anilines is 1. The van der Waals surface area contributed by atoms with Gasteiger partial charge in [-0.25, -0.2) is 9.97 Å². The molecule has 5 heteroatoms. The fraction of sp³-hybridized carbons (Fsp3) is 0.706. The van der Waals surface area contributed by atoms with Gasteiger partial charge in [0.2, 0.25) is 0 Å². The van der Waals surface area contributed by atoms with Crippen molar-refractivity contribution in [3.8, 4) is 0 Å². The van der Waals surface area contributed by atoms with Crippen molar-refractivity contribution < 1.29 is 0 Å². The molecular formula is C17H27N5. The van der Waals surface area contributed by atoms with Crippen LogP contribution in [0.15, 0.2) is 0 Å². The van der Waals surface area contributed by atoms with Crippen LogP contribution in [0.3, 0.4) is 0 Å². The van der Waals surface area contributed by atoms with E-state index < -0.39 is 0 Å². The lowest BCUT2D eigenvalue weighted by atomic mass is 10.0. The van der Waals surface area contributed by atoms with E-state index in [0.29, 0.717) is 0 Å². The van der Waals surface area contributed by atoms with Gasteiger partial charge in [0.1, 0.15) is 16.9 Å². The molecule has 0 spiro atoms. The third-order valence-corrected chi connectivity index (χ3v) is 4.51. The molecule has 1 aliphatic rings. The molecular weight excluding hydrogens is 274 g/mol. The van der Waals surface area contributed by atoms with Crippen molar-refractivity contribution in [3.05, 3.63) is 11.5 Å². The fourth-order valence-electron chi connectivity index (χ4n) is 3.42. The van der Waals surface area contributed by atoms with Gasteiger partial charge in [-0.3, -0.25) is 4.68 Å². The Balaban J connectivity index is 2.16. The number of nitrogens with zero attached hydrogens (tertiary/aromatic N) is 5. The van der Waals surface area contributed by atoms with E-state index in [2.05, 4.69) is 42.4 Å². The van der Waals surface area contributed by atoms with Crippen LogP contribution in [0.5, 0.6) is 0 Å². The van der Waals surface area contributed by atoms with Crippen molar-refractivity contribution in [3.63, 3.8) is 0 Å². The van der Waals surface area contributed by atoms with E-state index in [-0.39, 0.29) is 0 Å². The van der Waals surface area contributed by atoms with E-state index in [1.54, 1.807) is 0 Å². The van der Waals surface area contributed by atoms with Crippen LogP contribution < -0.4 is 4.90 Å². The molecule has 0 saturated carbocycles. The highest BCUT2D eigenvalue weighted by atomic mass is 15.3. The zero-order valence-corrected chi connectivity index (χ0v) is 14.3. The van der Waals surface area contributed by atoms with Crippen LogP contribution in [0.2, 0.25) is 0 Å². The Morgan fingerprint density at radius 2 is 2.05 bits per heavy atom. The van der Waals surface area contributed by atoms with Gasteiger partial charge in [-0.1, -0.05) is 13.8 Å². The number of aryl methyl sites for hydroxylation is 3. The van der Waals surface area contributed by atoms with E-state index in [9.17, 15) is 0 Å². The van der Waals surface area contributed by atoms with Crippen LogP contribution >= 0.6 is 0 Å². The first-order valence-electron chi connectivity index (χ1n) is 8.63. The van der Waals surface area contributed by atoms with Crippen molar-refractivity contribution in [1.29, 1.82) is 0 Å². The molecule has 120 valence electrons. The molecule has 1 aliphatic heterocycles. The minimum absolute atomic E-state index is 0.729. The molecule has 22 heavy (non-hydrogen) atoms. The third kappa shape index (κ3) is 2.69. The van der Waals surface area contributed by atoms with E-state index in [0.717, 1.165) is 66.8 Å². The molecule has 3 heterocycles. The molecule has 3 rings (SSSR count). The van der Waals surface area contributed by atoms with Crippen molar-refractivity contribution in [2.24, 2.45) is 5.92 Å². The van der Waals surface area contributed by atoms with E-state index in [1.165, 1.54) is 12.8 Å². The number of hydrogen-bond donors (Lipinski definition) is 0. The molecule has 2 aromatic rings. The summed E-state index contributed by atoms with van der Waals surface area (Å²) in [5.41, 5.74) is 3.17. The van der Waals surface area contributed by atoms with Crippen molar-refractivity contribution in [2.75, 3.05) is 18.0 Å². The van der Waals surface area contributed by atoms with E-state index >= 15 is 0 Å². The average molecular weight is 301 g/mol. The van der Waals surface area contributed by atoms with Crippen LogP contribution in [0.25, 0.3) is 11.0 Å². The summed E-state index contributed by atoms with van der Waals surface area (Å²) in [5.74, 6) is 2.79. The SMILES string of the molecule is CCCc1nc(N2CCCC(C)C2)c2c(n1)c(C)nn2CC. The largest absolute Gasteiger partial charge is 0.354 e. The maximum atomic E-state index is 4.92. The van der Waals surface area contributed by atoms with Gasteiger partial charge in [-0.15, -0.1) is 0 Å². The van der Waals surface area contributed by atoms with Gasteiger partial charge in [-0.05, 0) is 39.0 Å². The Kier molecular flexibility index (Phi) is 4.32. The molecule has 0 amide bonds. The molecule has 0 aliphatic carbocycles. The van der Waals surface area contributed by atoms with Crippen molar-refractivity contribution >= 4 is 16.9 Å². The second kappa shape index (κ2) is 6.23. The highest BCUT2D eigenvalue weighted by Gasteiger charge is 2.23. The Morgan fingerprint density at radius 1 is 1.23 bits per heavy atom. The smallest absolute Gasteiger partial charge is 0.158 e. The highest BCUT2D eigenvalue weighted by Crippen LogP contribution is 2.29. The Bertz CT molecular complexity index is 661. The molecule has 2 aromatic heterocycles. The standard InChI is InChI=1S/C17H27N5/c1-5-8-14-18-15-13(4)20-22(6-2)16(15)17(19-14)21-10-7-9-12(3)11-21/h12H,5-11H2,1-4H3. The second-order valence-electron chi connectivity index (χ2n) is 6.51. The van der Waals surface area contributed by atoms with Gasteiger partial charge in [0, 0.05) is 26.1 Å². The maximum Gasteiger partial charge on any atom is 0.158 e. The lowest BCUT2D eigenvalue weighted by Gasteiger charge is -2.32. The van der Waals surface area contributed by atoms with Crippen molar-refractivity contribution in [1.82, 2.24) is 19.7 Å². The van der Waals surface area contributed by atoms with Crippen molar-refractivity contribution in [2.45, 2.75) is 59.9 Å². The molecule has 0 radical (unpaired) electrons. The minimum atomic E-state index is 0.729. The normalized spacial score (nSPS) is 19.1. The summed E-state index contributed by atoms with van der Waals surface area (Å²) in [6.45, 7) is 11.7. The second-order valence-corrected chi connectivity index (χ2v) is 6.51. The number of aromatic nitrogens is 4. The summed E-state index contributed by atoms with van der Waals surface area (Å²) in [5, 5.41) is 4.67. The van der Waals surface area contributed by atoms with E-state index in [4.69, 9.17) is 9.97 Å². The zero-order chi connectivity index (χ0) is 15.7. The summed E-state index contributed by atoms with van der Waals surface area (Å²) >= 11 is 0. The summed E-state index contributed by atoms with van der Waals surface area (Å²) in [6, 6.07) is 0. The summed E-state index contributed by atoms with van der Waals surface area (Å²) in [4.78, 5) is 12.2. The number of piperidine rings is 1. The van der Waals surface area contributed by atoms with Crippen LogP contribution in [0.1, 0.15) is 51.6 Å². The van der Waals surface area contributed by atoms with Crippen LogP contribution in [-0.2, 0) is 13.0 Å². The molecule has 1 atom stereocenters. The minimum Gasteiger partial charge on any atom is -0.354 e. The van der Waals surface area contributed by atoms with Gasteiger partial charge in [0.05, 0.1) is 5.69 Å². The number of fused-ring (bicyclic) bond motifs is 1. The molecule has 0 bridgehead atoms. The molecule has 0 N–H and O–H groups in total. The topological polar surface area (TPSA) is 46.8 Å². The number of rotatable bonds is 4. The van der Waals surface area contributed by atoms with Crippen LogP contribution in [0, 0.1) is 12.8 Å². The quantitative estimate of drug-likeness (QED) is 0.869. The predicted octanol–water partition coefficient (Wildman–Crippen LogP) is 3.34. The molecule has 5 nitrogen and oxygen atoms in total. The molecule has 1 unspecified atom stereocenters. The molecule has 1 fully saturated rings. The third-order valence-electron chi connectivity index (χ3n) is 4.51. The highest BCUT2D eigenvalue weighted by molar-refractivity contribution is 5.88. The molecule has 0 aromatic carbocycles. The zero-order valence-electron chi connectivity index (χ0n) is 14.3. The van der Waals surface area contributed by atoms with Gasteiger partial charge >= 0.3 is 0 Å². The lowest BCUT2D eigenvalue weighted by molar-refractivity contribution is 0.444. The van der Waals surface area contributed by atoms with Gasteiger partial charge < -0.3 is 4.90 Å². The Labute approximate surface area is 132 Å². The average Bonchev–Trinajstić information content (AvgIpc) is 2.83. The van der Waals surface area contributed by atoms with Crippen LogP contribution in [0.4, 0.5) is 5.82 Å². The Hall–Kier alpha value is -1.65. The van der Waals surface area contributed by atoms with Gasteiger partial charge in [0.15, 0.2) is 5.82 Å². The summed E-state index contributed by atoms with van der Waals surface area (Å²) in [7, 11) is 0. The van der Waals surface area contributed by atoms with Gasteiger partial charge in [-0.2, -0.15) is 5.10 Å². The maximum absolute atomic E-state index is 4.92. The first-order chi connectivity index (χ1) is 10.6. The van der Waals surface area contributed by atoms with Crippen LogP contribution in [-0.4, -0.2) is 32.8 Å². The number of hydrogen-bond acceptors (Lipinski definition) is 4. The summed E-state index contributed by atoms with van der Waals surface area (Å²) < 4.78 is 2.06. The first-order valence-corrected chi connectivity index (χ1v) is 8.63.